The van der Waals surface area contributed by atoms with E-state index in [4.69, 9.17) is 11.0 Å². The average molecular weight is 394 g/mol. The van der Waals surface area contributed by atoms with Crippen LogP contribution in [0.15, 0.2) is 12.1 Å². The second-order valence-corrected chi connectivity index (χ2v) is 6.98. The Morgan fingerprint density at radius 2 is 2.14 bits per heavy atom. The minimum atomic E-state index is -1.15. The van der Waals surface area contributed by atoms with Crippen LogP contribution in [0.2, 0.25) is 0 Å². The van der Waals surface area contributed by atoms with Crippen molar-refractivity contribution in [2.75, 3.05) is 25.0 Å². The molecular weight excluding hydrogens is 373 g/mol. The summed E-state index contributed by atoms with van der Waals surface area (Å²) in [6, 6.07) is 2.52. The van der Waals surface area contributed by atoms with Crippen LogP contribution >= 0.6 is 0 Å². The maximum atomic E-state index is 13.8. The second kappa shape index (κ2) is 7.67. The number of benzene rings is 1. The summed E-state index contributed by atoms with van der Waals surface area (Å²) in [5.74, 6) is -2.23. The molecule has 150 valence electrons. The van der Waals surface area contributed by atoms with Gasteiger partial charge in [-0.1, -0.05) is 0 Å². The lowest BCUT2D eigenvalue weighted by atomic mass is 10.1. The van der Waals surface area contributed by atoms with E-state index in [1.807, 2.05) is 6.07 Å². The molecule has 3 rings (SSSR count). The van der Waals surface area contributed by atoms with Gasteiger partial charge in [-0.25, -0.2) is 18.2 Å². The number of carbonyl (C=O) groups is 1. The molecule has 2 aromatic rings. The first-order valence-electron chi connectivity index (χ1n) is 8.88. The number of nitriles is 1. The number of carbonyl (C=O) groups excluding carboxylic acids is 1. The number of halogens is 3. The molecule has 0 aliphatic carbocycles. The highest BCUT2D eigenvalue weighted by Gasteiger charge is 2.30. The Labute approximate surface area is 160 Å². The van der Waals surface area contributed by atoms with Crippen molar-refractivity contribution in [2.24, 2.45) is 5.73 Å². The topological polar surface area (TPSA) is 91.2 Å². The third-order valence-corrected chi connectivity index (χ3v) is 5.08. The molecule has 1 aromatic heterocycles. The molecule has 3 atom stereocenters. The number of hydrogen-bond donors (Lipinski definition) is 1. The quantitative estimate of drug-likeness (QED) is 0.850. The summed E-state index contributed by atoms with van der Waals surface area (Å²) < 4.78 is 42.7. The van der Waals surface area contributed by atoms with Crippen LogP contribution in [0.1, 0.15) is 13.3 Å². The third-order valence-electron chi connectivity index (χ3n) is 5.08. The highest BCUT2D eigenvalue weighted by Crippen LogP contribution is 2.27. The fourth-order valence-corrected chi connectivity index (χ4v) is 3.19. The van der Waals surface area contributed by atoms with Crippen LogP contribution in [0.3, 0.4) is 0 Å². The van der Waals surface area contributed by atoms with E-state index in [0.29, 0.717) is 6.54 Å². The number of alkyl halides is 1. The van der Waals surface area contributed by atoms with Gasteiger partial charge in [0.2, 0.25) is 11.9 Å². The normalized spacial score (nSPS) is 20.8. The van der Waals surface area contributed by atoms with Crippen LogP contribution in [-0.2, 0) is 11.3 Å². The van der Waals surface area contributed by atoms with Crippen molar-refractivity contribution in [2.45, 2.75) is 38.1 Å². The van der Waals surface area contributed by atoms with Gasteiger partial charge in [0.1, 0.15) is 18.8 Å². The van der Waals surface area contributed by atoms with Crippen LogP contribution in [0.25, 0.3) is 11.0 Å². The monoisotopic (exact) mass is 394 g/mol. The Balaban J connectivity index is 2.04. The minimum Gasteiger partial charge on any atom is -0.340 e. The smallest absolute Gasteiger partial charge is 0.243 e. The first kappa shape index (κ1) is 19.9. The summed E-state index contributed by atoms with van der Waals surface area (Å²) in [5, 5.41) is 9.02. The molecule has 1 amide bonds. The third kappa shape index (κ3) is 3.62. The number of nitrogens with zero attached hydrogens (tertiary/aromatic N) is 5. The Morgan fingerprint density at radius 1 is 1.46 bits per heavy atom. The Morgan fingerprint density at radius 3 is 2.79 bits per heavy atom. The van der Waals surface area contributed by atoms with Crippen molar-refractivity contribution in [3.63, 3.8) is 0 Å². The molecule has 7 nitrogen and oxygen atoms in total. The van der Waals surface area contributed by atoms with Crippen molar-refractivity contribution in [3.8, 4) is 6.07 Å². The van der Waals surface area contributed by atoms with Crippen LogP contribution in [-0.4, -0.2) is 58.8 Å². The molecular formula is C18H21F3N6O. The number of piperidine rings is 1. The summed E-state index contributed by atoms with van der Waals surface area (Å²) in [6.45, 7) is 1.81. The molecule has 1 fully saturated rings. The van der Waals surface area contributed by atoms with Gasteiger partial charge in [0.15, 0.2) is 11.6 Å². The van der Waals surface area contributed by atoms with E-state index < -0.39 is 35.8 Å². The standard InChI is InChI=1S/C18H21F3N6O/c1-10(7-22)25(2)17(28)9-27-16-6-13(21)12(20)5-15(16)24-18(27)26-4-3-11(19)14(23)8-26/h5-6,10-11,14H,3-4,8-9,23H2,1-2H3/t10-,11+,14+/m0/s1. The van der Waals surface area contributed by atoms with Crippen LogP contribution in [0.4, 0.5) is 19.1 Å². The van der Waals surface area contributed by atoms with Gasteiger partial charge in [0, 0.05) is 32.3 Å². The largest absolute Gasteiger partial charge is 0.340 e. The molecule has 1 saturated heterocycles. The molecule has 1 aliphatic heterocycles. The van der Waals surface area contributed by atoms with Gasteiger partial charge in [0.25, 0.3) is 0 Å². The zero-order valence-electron chi connectivity index (χ0n) is 15.6. The number of nitrogens with two attached hydrogens (primary N) is 1. The van der Waals surface area contributed by atoms with Gasteiger partial charge in [-0.3, -0.25) is 4.79 Å². The molecule has 2 N–H and O–H groups in total. The van der Waals surface area contributed by atoms with Gasteiger partial charge < -0.3 is 20.1 Å². The van der Waals surface area contributed by atoms with Crippen molar-refractivity contribution in [1.82, 2.24) is 14.5 Å². The molecule has 1 aliphatic rings. The van der Waals surface area contributed by atoms with Crippen LogP contribution in [0, 0.1) is 23.0 Å². The Kier molecular flexibility index (Phi) is 5.47. The Hall–Kier alpha value is -2.80. The van der Waals surface area contributed by atoms with Gasteiger partial charge >= 0.3 is 0 Å². The summed E-state index contributed by atoms with van der Waals surface area (Å²) in [6.07, 6.45) is -0.958. The zero-order chi connectivity index (χ0) is 20.6. The number of anilines is 1. The molecule has 0 bridgehead atoms. The highest BCUT2D eigenvalue weighted by atomic mass is 19.2. The number of imidazole rings is 1. The van der Waals surface area contributed by atoms with E-state index in [-0.39, 0.29) is 36.5 Å². The van der Waals surface area contributed by atoms with Crippen molar-refractivity contribution in [1.29, 1.82) is 5.26 Å². The summed E-state index contributed by atoms with van der Waals surface area (Å²) in [5.41, 5.74) is 6.23. The molecule has 2 heterocycles. The number of rotatable bonds is 4. The maximum absolute atomic E-state index is 13.8. The summed E-state index contributed by atoms with van der Waals surface area (Å²) in [7, 11) is 1.49. The fourth-order valence-electron chi connectivity index (χ4n) is 3.19. The molecule has 0 saturated carbocycles. The van der Waals surface area contributed by atoms with Gasteiger partial charge in [0.05, 0.1) is 23.1 Å². The van der Waals surface area contributed by atoms with Crippen LogP contribution < -0.4 is 10.6 Å². The van der Waals surface area contributed by atoms with E-state index in [2.05, 4.69) is 4.98 Å². The van der Waals surface area contributed by atoms with Crippen molar-refractivity contribution < 1.29 is 18.0 Å². The van der Waals surface area contributed by atoms with E-state index in [1.54, 1.807) is 11.8 Å². The number of fused-ring (bicyclic) bond motifs is 1. The maximum Gasteiger partial charge on any atom is 0.243 e. The molecule has 1 aromatic carbocycles. The van der Waals surface area contributed by atoms with Crippen molar-refractivity contribution >= 4 is 22.9 Å². The number of hydrogen-bond acceptors (Lipinski definition) is 5. The highest BCUT2D eigenvalue weighted by molar-refractivity contribution is 5.83. The number of amides is 1. The summed E-state index contributed by atoms with van der Waals surface area (Å²) >= 11 is 0. The number of likely N-dealkylation sites (N-methyl/N-ethyl adjacent to an activating group) is 1. The predicted octanol–water partition coefficient (Wildman–Crippen LogP) is 1.56. The van der Waals surface area contributed by atoms with Crippen molar-refractivity contribution in [3.05, 3.63) is 23.8 Å². The zero-order valence-corrected chi connectivity index (χ0v) is 15.6. The molecule has 0 radical (unpaired) electrons. The lowest BCUT2D eigenvalue weighted by Gasteiger charge is -2.34. The first-order chi connectivity index (χ1) is 13.2. The molecule has 0 spiro atoms. The molecule has 28 heavy (non-hydrogen) atoms. The molecule has 0 unspecified atom stereocenters. The van der Waals surface area contributed by atoms with Gasteiger partial charge in [-0.15, -0.1) is 0 Å². The van der Waals surface area contributed by atoms with E-state index in [0.717, 1.165) is 12.1 Å². The van der Waals surface area contributed by atoms with Gasteiger partial charge in [-0.2, -0.15) is 5.26 Å². The first-order valence-corrected chi connectivity index (χ1v) is 8.88. The van der Waals surface area contributed by atoms with E-state index in [1.165, 1.54) is 16.5 Å². The van der Waals surface area contributed by atoms with Crippen LogP contribution in [0.5, 0.6) is 0 Å². The minimum absolute atomic E-state index is 0.161. The lowest BCUT2D eigenvalue weighted by Crippen LogP contribution is -2.50. The second-order valence-electron chi connectivity index (χ2n) is 6.98. The predicted molar refractivity (Wildman–Crippen MR) is 97.2 cm³/mol. The SMILES string of the molecule is C[C@@H](C#N)N(C)C(=O)Cn1c(N2CC[C@@H](F)[C@H](N)C2)nc2cc(F)c(F)cc21. The average Bonchev–Trinajstić information content (AvgIpc) is 3.00. The van der Waals surface area contributed by atoms with E-state index >= 15 is 0 Å². The van der Waals surface area contributed by atoms with E-state index in [9.17, 15) is 18.0 Å². The van der Waals surface area contributed by atoms with Gasteiger partial charge in [-0.05, 0) is 13.3 Å². The molecule has 10 heteroatoms. The summed E-state index contributed by atoms with van der Waals surface area (Å²) in [4.78, 5) is 19.9. The number of aromatic nitrogens is 2. The fraction of sp³-hybridized carbons (Fsp3) is 0.500. The lowest BCUT2D eigenvalue weighted by molar-refractivity contribution is -0.131. The Bertz CT molecular complexity index is 940.